The Hall–Kier alpha value is -3.56. The molecule has 0 amide bonds. The zero-order chi connectivity index (χ0) is 18.8. The van der Waals surface area contributed by atoms with Crippen molar-refractivity contribution in [3.63, 3.8) is 0 Å². The van der Waals surface area contributed by atoms with Crippen LogP contribution in [0.1, 0.15) is 10.6 Å². The molecular weight excluding hydrogens is 363 g/mol. The first kappa shape index (κ1) is 16.9. The van der Waals surface area contributed by atoms with Crippen molar-refractivity contribution in [2.75, 3.05) is 0 Å². The van der Waals surface area contributed by atoms with Crippen LogP contribution in [0.5, 0.6) is 0 Å². The number of halogens is 1. The van der Waals surface area contributed by atoms with E-state index in [0.717, 1.165) is 5.39 Å². The number of nitriles is 1. The summed E-state index contributed by atoms with van der Waals surface area (Å²) >= 11 is 1.23. The molecule has 2 aromatic heterocycles. The lowest BCUT2D eigenvalue weighted by atomic mass is 10.1. The molecule has 0 aliphatic rings. The Labute approximate surface area is 157 Å². The number of para-hydroxylation sites is 1. The number of rotatable bonds is 3. The zero-order valence-corrected chi connectivity index (χ0v) is 14.7. The summed E-state index contributed by atoms with van der Waals surface area (Å²) in [6.45, 7) is 0. The summed E-state index contributed by atoms with van der Waals surface area (Å²) in [5, 5.41) is 10.8. The Kier molecular flexibility index (Phi) is 4.37. The Morgan fingerprint density at radius 3 is 2.74 bits per heavy atom. The Morgan fingerprint density at radius 2 is 1.96 bits per heavy atom. The molecule has 0 N–H and O–H groups in total. The highest BCUT2D eigenvalue weighted by atomic mass is 32.1. The summed E-state index contributed by atoms with van der Waals surface area (Å²) in [5.74, 6) is -0.342. The zero-order valence-electron chi connectivity index (χ0n) is 13.8. The molecule has 0 atom stereocenters. The summed E-state index contributed by atoms with van der Waals surface area (Å²) in [6, 6.07) is 16.9. The lowest BCUT2D eigenvalue weighted by Gasteiger charge is -1.99. The molecule has 27 heavy (non-hydrogen) atoms. The molecule has 130 valence electrons. The van der Waals surface area contributed by atoms with E-state index in [2.05, 4.69) is 11.1 Å². The van der Waals surface area contributed by atoms with Gasteiger partial charge in [0.15, 0.2) is 0 Å². The highest BCUT2D eigenvalue weighted by Crippen LogP contribution is 2.30. The van der Waals surface area contributed by atoms with E-state index in [1.165, 1.54) is 23.5 Å². The molecule has 0 unspecified atom stereocenters. The normalized spacial score (nSPS) is 11.5. The van der Waals surface area contributed by atoms with Gasteiger partial charge in [0.1, 0.15) is 22.5 Å². The third-order valence-corrected chi connectivity index (χ3v) is 5.01. The van der Waals surface area contributed by atoms with Crippen molar-refractivity contribution in [2.24, 2.45) is 0 Å². The largest absolute Gasteiger partial charge is 0.422 e. The molecule has 0 fully saturated rings. The van der Waals surface area contributed by atoms with Gasteiger partial charge >= 0.3 is 5.63 Å². The maximum absolute atomic E-state index is 13.0. The third kappa shape index (κ3) is 3.41. The number of hydrogen-bond donors (Lipinski definition) is 0. The fourth-order valence-electron chi connectivity index (χ4n) is 2.62. The van der Waals surface area contributed by atoms with Crippen LogP contribution in [0, 0.1) is 17.1 Å². The number of nitrogens with zero attached hydrogens (tertiary/aromatic N) is 2. The van der Waals surface area contributed by atoms with Crippen LogP contribution in [0.15, 0.2) is 70.0 Å². The third-order valence-electron chi connectivity index (χ3n) is 3.94. The second-order valence-electron chi connectivity index (χ2n) is 5.74. The minimum atomic E-state index is -0.454. The van der Waals surface area contributed by atoms with E-state index in [0.29, 0.717) is 32.2 Å². The highest BCUT2D eigenvalue weighted by molar-refractivity contribution is 7.16. The monoisotopic (exact) mass is 374 g/mol. The average molecular weight is 374 g/mol. The molecule has 0 saturated heterocycles. The van der Waals surface area contributed by atoms with Crippen LogP contribution >= 0.6 is 11.3 Å². The number of fused-ring (bicyclic) bond motifs is 1. The van der Waals surface area contributed by atoms with E-state index in [4.69, 9.17) is 4.42 Å². The van der Waals surface area contributed by atoms with Gasteiger partial charge in [-0.1, -0.05) is 30.3 Å². The van der Waals surface area contributed by atoms with Crippen molar-refractivity contribution in [3.8, 4) is 16.5 Å². The molecule has 4 aromatic rings. The van der Waals surface area contributed by atoms with Gasteiger partial charge in [0, 0.05) is 11.6 Å². The predicted molar refractivity (Wildman–Crippen MR) is 103 cm³/mol. The Balaban J connectivity index is 1.75. The molecule has 4 rings (SSSR count). The minimum absolute atomic E-state index is 0.336. The van der Waals surface area contributed by atoms with Crippen LogP contribution in [0.25, 0.3) is 33.1 Å². The molecule has 2 heterocycles. The number of aromatic nitrogens is 1. The van der Waals surface area contributed by atoms with Gasteiger partial charge in [-0.3, -0.25) is 0 Å². The molecule has 0 bridgehead atoms. The van der Waals surface area contributed by atoms with Crippen LogP contribution in [0.3, 0.4) is 0 Å². The van der Waals surface area contributed by atoms with Crippen molar-refractivity contribution in [1.82, 2.24) is 4.98 Å². The second-order valence-corrected chi connectivity index (χ2v) is 6.77. The summed E-state index contributed by atoms with van der Waals surface area (Å²) in [5.41, 5.74) is 1.49. The van der Waals surface area contributed by atoms with E-state index in [9.17, 15) is 14.4 Å². The second kappa shape index (κ2) is 6.98. The van der Waals surface area contributed by atoms with Crippen molar-refractivity contribution in [1.29, 1.82) is 5.26 Å². The van der Waals surface area contributed by atoms with Crippen molar-refractivity contribution in [2.45, 2.75) is 0 Å². The minimum Gasteiger partial charge on any atom is -0.422 e. The molecule has 0 radical (unpaired) electrons. The van der Waals surface area contributed by atoms with E-state index in [1.54, 1.807) is 42.6 Å². The van der Waals surface area contributed by atoms with Crippen LogP contribution in [0.4, 0.5) is 4.39 Å². The number of hydrogen-bond acceptors (Lipinski definition) is 5. The summed E-state index contributed by atoms with van der Waals surface area (Å²) in [7, 11) is 0. The molecule has 2 aromatic carbocycles. The van der Waals surface area contributed by atoms with Crippen LogP contribution in [0.2, 0.25) is 0 Å². The summed E-state index contributed by atoms with van der Waals surface area (Å²) in [4.78, 5) is 17.2. The molecule has 0 aliphatic heterocycles. The van der Waals surface area contributed by atoms with Gasteiger partial charge in [-0.15, -0.1) is 11.3 Å². The van der Waals surface area contributed by atoms with E-state index >= 15 is 0 Å². The van der Waals surface area contributed by atoms with Gasteiger partial charge in [-0.25, -0.2) is 14.2 Å². The molecule has 4 nitrogen and oxygen atoms in total. The van der Waals surface area contributed by atoms with Gasteiger partial charge in [0.2, 0.25) is 0 Å². The molecular formula is C21H11FN2O2S. The van der Waals surface area contributed by atoms with Crippen LogP contribution in [-0.4, -0.2) is 4.98 Å². The maximum Gasteiger partial charge on any atom is 0.345 e. The van der Waals surface area contributed by atoms with Gasteiger partial charge in [-0.2, -0.15) is 5.26 Å². The number of thiazole rings is 1. The van der Waals surface area contributed by atoms with Crippen LogP contribution < -0.4 is 5.63 Å². The SMILES string of the molecule is N#C/C(=C\c1ccc(F)cc1)c1ncc(-c2cc3ccccc3oc2=O)s1. The van der Waals surface area contributed by atoms with Gasteiger partial charge in [0.05, 0.1) is 16.0 Å². The van der Waals surface area contributed by atoms with Crippen molar-refractivity contribution < 1.29 is 8.81 Å². The smallest absolute Gasteiger partial charge is 0.345 e. The average Bonchev–Trinajstić information content (AvgIpc) is 3.16. The first-order valence-electron chi connectivity index (χ1n) is 8.01. The first-order valence-corrected chi connectivity index (χ1v) is 8.82. The molecule has 0 saturated carbocycles. The highest BCUT2D eigenvalue weighted by Gasteiger charge is 2.13. The van der Waals surface area contributed by atoms with Crippen molar-refractivity contribution in [3.05, 3.63) is 87.6 Å². The number of allylic oxidation sites excluding steroid dienone is 1. The molecule has 6 heteroatoms. The van der Waals surface area contributed by atoms with Crippen molar-refractivity contribution >= 4 is 34.0 Å². The maximum atomic E-state index is 13.0. The molecule has 0 spiro atoms. The Morgan fingerprint density at radius 1 is 1.19 bits per heavy atom. The van der Waals surface area contributed by atoms with Gasteiger partial charge in [-0.05, 0) is 35.9 Å². The molecule has 0 aliphatic carbocycles. The first-order chi connectivity index (χ1) is 13.1. The Bertz CT molecular complexity index is 1260. The van der Waals surface area contributed by atoms with E-state index < -0.39 is 5.63 Å². The predicted octanol–water partition coefficient (Wildman–Crippen LogP) is 5.12. The van der Waals surface area contributed by atoms with Gasteiger partial charge in [0.25, 0.3) is 0 Å². The van der Waals surface area contributed by atoms with Gasteiger partial charge < -0.3 is 4.42 Å². The number of benzene rings is 2. The lowest BCUT2D eigenvalue weighted by Crippen LogP contribution is -2.01. The fourth-order valence-corrected chi connectivity index (χ4v) is 3.51. The van der Waals surface area contributed by atoms with Crippen LogP contribution in [-0.2, 0) is 0 Å². The summed E-state index contributed by atoms with van der Waals surface area (Å²) in [6.07, 6.45) is 3.18. The standard InChI is InChI=1S/C21H11FN2O2S/c22-16-7-5-13(6-8-16)9-15(11-23)20-24-12-19(27-20)17-10-14-3-1-2-4-18(14)26-21(17)25/h1-10,12H/b15-9+. The van der Waals surface area contributed by atoms with E-state index in [1.807, 2.05) is 12.1 Å². The lowest BCUT2D eigenvalue weighted by molar-refractivity contribution is 0.563. The summed E-state index contributed by atoms with van der Waals surface area (Å²) < 4.78 is 18.4. The quantitative estimate of drug-likeness (QED) is 0.369. The topological polar surface area (TPSA) is 66.9 Å². The van der Waals surface area contributed by atoms with E-state index in [-0.39, 0.29) is 5.82 Å². The fraction of sp³-hybridized carbons (Fsp3) is 0.